The second-order valence-electron chi connectivity index (χ2n) is 5.00. The number of nitrogens with two attached hydrogens (primary N) is 1. The summed E-state index contributed by atoms with van der Waals surface area (Å²) < 4.78 is 5.33. The predicted octanol–water partition coefficient (Wildman–Crippen LogP) is 1.79. The van der Waals surface area contributed by atoms with Crippen LogP contribution in [0.5, 0.6) is 0 Å². The first-order valence-corrected chi connectivity index (χ1v) is 4.67. The first-order chi connectivity index (χ1) is 6.16. The first kappa shape index (κ1) is 12.9. The van der Waals surface area contributed by atoms with E-state index in [0.29, 0.717) is 6.54 Å². The Labute approximate surface area is 86.1 Å². The summed E-state index contributed by atoms with van der Waals surface area (Å²) in [6, 6.07) is 0.187. The quantitative estimate of drug-likeness (QED) is 0.537. The van der Waals surface area contributed by atoms with Crippen LogP contribution in [-0.4, -0.2) is 24.4 Å². The molecular weight excluding hydrogens is 178 g/mol. The molecule has 14 heavy (non-hydrogen) atoms. The van der Waals surface area contributed by atoms with Gasteiger partial charge in [-0.15, -0.1) is 0 Å². The van der Waals surface area contributed by atoms with Gasteiger partial charge in [0.25, 0.3) is 6.02 Å². The summed E-state index contributed by atoms with van der Waals surface area (Å²) in [5, 5.41) is 7.15. The molecule has 0 fully saturated rings. The Kier molecular flexibility index (Phi) is 4.10. The zero-order valence-corrected chi connectivity index (χ0v) is 9.72. The van der Waals surface area contributed by atoms with Crippen LogP contribution in [0.4, 0.5) is 0 Å². The van der Waals surface area contributed by atoms with Gasteiger partial charge in [0.1, 0.15) is 5.60 Å². The zero-order valence-electron chi connectivity index (χ0n) is 9.72. The van der Waals surface area contributed by atoms with Crippen LogP contribution in [0, 0.1) is 10.8 Å². The van der Waals surface area contributed by atoms with Crippen molar-refractivity contribution in [3.63, 3.8) is 0 Å². The van der Waals surface area contributed by atoms with Crippen molar-refractivity contribution < 1.29 is 4.74 Å². The van der Waals surface area contributed by atoms with Crippen LogP contribution in [0.25, 0.3) is 0 Å². The van der Waals surface area contributed by atoms with Gasteiger partial charge in [-0.25, -0.2) is 4.99 Å². The number of aliphatic imine (C=N–C) groups is 1. The number of hydrogen-bond acceptors (Lipinski definition) is 3. The van der Waals surface area contributed by atoms with Crippen LogP contribution in [0.15, 0.2) is 4.99 Å². The molecule has 3 N–H and O–H groups in total. The molecule has 0 saturated carbocycles. The van der Waals surface area contributed by atoms with Gasteiger partial charge in [0.2, 0.25) is 0 Å². The molecular formula is C10H21N3O. The molecule has 0 amide bonds. The third kappa shape index (κ3) is 6.46. The molecule has 0 aromatic heterocycles. The van der Waals surface area contributed by atoms with Gasteiger partial charge in [0.15, 0.2) is 0 Å². The number of amidine groups is 1. The van der Waals surface area contributed by atoms with Gasteiger partial charge < -0.3 is 15.9 Å². The molecule has 0 unspecified atom stereocenters. The fourth-order valence-electron chi connectivity index (χ4n) is 0.673. The summed E-state index contributed by atoms with van der Waals surface area (Å²) >= 11 is 0. The average Bonchev–Trinajstić information content (AvgIpc) is 1.98. The van der Waals surface area contributed by atoms with Crippen LogP contribution in [0.2, 0.25) is 0 Å². The van der Waals surface area contributed by atoms with Crippen molar-refractivity contribution in [3.05, 3.63) is 0 Å². The Bertz CT molecular complexity index is 226. The van der Waals surface area contributed by atoms with Gasteiger partial charge in [-0.05, 0) is 20.8 Å². The van der Waals surface area contributed by atoms with Gasteiger partial charge in [0, 0.05) is 11.6 Å². The number of nitrogens with zero attached hydrogens (tertiary/aromatic N) is 1. The van der Waals surface area contributed by atoms with E-state index < -0.39 is 0 Å². The fraction of sp³-hybridized carbons (Fsp3) is 0.800. The number of hydrogen-bond donors (Lipinski definition) is 2. The van der Waals surface area contributed by atoms with E-state index in [1.807, 2.05) is 34.6 Å². The molecule has 0 saturated heterocycles. The Hall–Kier alpha value is -1.06. The van der Waals surface area contributed by atoms with Crippen molar-refractivity contribution in [2.45, 2.75) is 40.2 Å². The lowest BCUT2D eigenvalue weighted by atomic mass is 9.96. The summed E-state index contributed by atoms with van der Waals surface area (Å²) in [6.45, 7) is 10.1. The summed E-state index contributed by atoms with van der Waals surface area (Å²) in [7, 11) is 0. The minimum Gasteiger partial charge on any atom is -0.460 e. The lowest BCUT2D eigenvalue weighted by molar-refractivity contribution is 0.113. The second kappa shape index (κ2) is 4.44. The van der Waals surface area contributed by atoms with E-state index in [2.05, 4.69) is 4.99 Å². The van der Waals surface area contributed by atoms with E-state index in [1.54, 1.807) is 0 Å². The lowest BCUT2D eigenvalue weighted by Gasteiger charge is -2.21. The number of ether oxygens (including phenoxy) is 1. The van der Waals surface area contributed by atoms with Crippen LogP contribution in [0.1, 0.15) is 34.6 Å². The Balaban J connectivity index is 4.20. The SMILES string of the molecule is CC(C)(C=N)CN=C(N)OC(C)(C)C. The Morgan fingerprint density at radius 1 is 1.36 bits per heavy atom. The Morgan fingerprint density at radius 3 is 2.21 bits per heavy atom. The van der Waals surface area contributed by atoms with E-state index in [1.165, 1.54) is 6.21 Å². The highest BCUT2D eigenvalue weighted by molar-refractivity contribution is 5.72. The maximum Gasteiger partial charge on any atom is 0.282 e. The molecule has 0 aromatic carbocycles. The average molecular weight is 199 g/mol. The van der Waals surface area contributed by atoms with E-state index in [-0.39, 0.29) is 17.0 Å². The minimum atomic E-state index is -0.317. The van der Waals surface area contributed by atoms with Crippen molar-refractivity contribution in [2.24, 2.45) is 16.1 Å². The molecule has 4 nitrogen and oxygen atoms in total. The molecule has 0 atom stereocenters. The standard InChI is InChI=1S/C10H21N3O/c1-9(2,3)14-8(12)13-7-10(4,5)6-11/h6,11H,7H2,1-5H3,(H2,12,13). The maximum atomic E-state index is 7.15. The van der Waals surface area contributed by atoms with Crippen molar-refractivity contribution >= 4 is 12.2 Å². The lowest BCUT2D eigenvalue weighted by Crippen LogP contribution is -2.30. The smallest absolute Gasteiger partial charge is 0.282 e. The number of rotatable bonds is 3. The van der Waals surface area contributed by atoms with Crippen LogP contribution in [0.3, 0.4) is 0 Å². The normalized spacial score (nSPS) is 13.9. The molecule has 0 aliphatic rings. The van der Waals surface area contributed by atoms with Crippen molar-refractivity contribution in [1.29, 1.82) is 5.41 Å². The van der Waals surface area contributed by atoms with Gasteiger partial charge in [-0.2, -0.15) is 0 Å². The summed E-state index contributed by atoms with van der Waals surface area (Å²) in [6.07, 6.45) is 1.36. The minimum absolute atomic E-state index is 0.187. The third-order valence-electron chi connectivity index (χ3n) is 1.44. The van der Waals surface area contributed by atoms with Crippen LogP contribution in [-0.2, 0) is 4.74 Å². The summed E-state index contributed by atoms with van der Waals surface area (Å²) in [5.41, 5.74) is 5.00. The highest BCUT2D eigenvalue weighted by atomic mass is 16.5. The van der Waals surface area contributed by atoms with E-state index in [0.717, 1.165) is 0 Å². The van der Waals surface area contributed by atoms with E-state index in [4.69, 9.17) is 15.9 Å². The molecule has 0 aliphatic carbocycles. The van der Waals surface area contributed by atoms with Gasteiger partial charge in [0.05, 0.1) is 6.54 Å². The molecule has 0 rings (SSSR count). The van der Waals surface area contributed by atoms with E-state index >= 15 is 0 Å². The van der Waals surface area contributed by atoms with E-state index in [9.17, 15) is 0 Å². The predicted molar refractivity (Wildman–Crippen MR) is 59.9 cm³/mol. The maximum absolute atomic E-state index is 7.15. The first-order valence-electron chi connectivity index (χ1n) is 4.67. The zero-order chi connectivity index (χ0) is 11.4. The molecule has 0 spiro atoms. The van der Waals surface area contributed by atoms with Crippen LogP contribution >= 0.6 is 0 Å². The molecule has 4 heteroatoms. The van der Waals surface area contributed by atoms with Gasteiger partial charge >= 0.3 is 0 Å². The molecule has 0 radical (unpaired) electrons. The second-order valence-corrected chi connectivity index (χ2v) is 5.00. The third-order valence-corrected chi connectivity index (χ3v) is 1.44. The molecule has 0 aromatic rings. The van der Waals surface area contributed by atoms with Crippen molar-refractivity contribution in [3.8, 4) is 0 Å². The summed E-state index contributed by atoms with van der Waals surface area (Å²) in [5.74, 6) is 0. The van der Waals surface area contributed by atoms with Gasteiger partial charge in [-0.3, -0.25) is 0 Å². The number of nitrogens with one attached hydrogen (secondary N) is 1. The van der Waals surface area contributed by atoms with Crippen molar-refractivity contribution in [1.82, 2.24) is 0 Å². The monoisotopic (exact) mass is 199 g/mol. The van der Waals surface area contributed by atoms with Crippen LogP contribution < -0.4 is 5.73 Å². The molecule has 0 heterocycles. The highest BCUT2D eigenvalue weighted by Gasteiger charge is 2.16. The van der Waals surface area contributed by atoms with Gasteiger partial charge in [-0.1, -0.05) is 13.8 Å². The fourth-order valence-corrected chi connectivity index (χ4v) is 0.673. The highest BCUT2D eigenvalue weighted by Crippen LogP contribution is 2.12. The topological polar surface area (TPSA) is 71.5 Å². The Morgan fingerprint density at radius 2 is 1.86 bits per heavy atom. The summed E-state index contributed by atoms with van der Waals surface area (Å²) in [4.78, 5) is 4.07. The largest absolute Gasteiger partial charge is 0.460 e. The molecule has 82 valence electrons. The molecule has 0 bridgehead atoms. The molecule has 0 aliphatic heterocycles. The van der Waals surface area contributed by atoms with Crippen molar-refractivity contribution in [2.75, 3.05) is 6.54 Å².